The fourth-order valence-electron chi connectivity index (χ4n) is 3.02. The minimum Gasteiger partial charge on any atom is -0.369 e. The molecule has 9 heteroatoms. The van der Waals surface area contributed by atoms with Crippen molar-refractivity contribution >= 4 is 44.7 Å². The molecular formula is C19H20ClFN4O2S. The average molecular weight is 423 g/mol. The van der Waals surface area contributed by atoms with E-state index in [2.05, 4.69) is 16.2 Å². The minimum absolute atomic E-state index is 0.0112. The predicted molar refractivity (Wildman–Crippen MR) is 113 cm³/mol. The van der Waals surface area contributed by atoms with Gasteiger partial charge in [-0.2, -0.15) is 0 Å². The molecule has 0 radical (unpaired) electrons. The summed E-state index contributed by atoms with van der Waals surface area (Å²) >= 11 is 5.83. The molecule has 0 aromatic heterocycles. The van der Waals surface area contributed by atoms with Crippen LogP contribution in [0.1, 0.15) is 22.8 Å². The van der Waals surface area contributed by atoms with E-state index in [0.717, 1.165) is 0 Å². The minimum atomic E-state index is -2.76. The first-order valence-corrected chi connectivity index (χ1v) is 10.6. The zero-order valence-electron chi connectivity index (χ0n) is 15.4. The highest BCUT2D eigenvalue weighted by Gasteiger charge is 2.38. The molecule has 0 spiro atoms. The summed E-state index contributed by atoms with van der Waals surface area (Å²) in [6.45, 7) is 1.64. The molecule has 2 aromatic rings. The summed E-state index contributed by atoms with van der Waals surface area (Å²) in [6, 6.07) is 10.5. The molecular weight excluding hydrogens is 403 g/mol. The molecule has 148 valence electrons. The molecule has 1 heterocycles. The van der Waals surface area contributed by atoms with Crippen molar-refractivity contribution < 1.29 is 13.4 Å². The van der Waals surface area contributed by atoms with Crippen LogP contribution in [0.25, 0.3) is 0 Å². The molecule has 2 atom stereocenters. The maximum atomic E-state index is 14.6. The zero-order valence-corrected chi connectivity index (χ0v) is 17.0. The first-order chi connectivity index (χ1) is 13.0. The van der Waals surface area contributed by atoms with Gasteiger partial charge >= 0.3 is 0 Å². The fraction of sp³-hybridized carbons (Fsp3) is 0.211. The van der Waals surface area contributed by atoms with Crippen molar-refractivity contribution in [1.29, 1.82) is 0 Å². The standard InChI is InChI=1S/C19H20ClFN4O2S/c1-19(11-28(3,27)25(2)18(22)24-19)15-10-14(8-9-16(15)21)23-17(26)12-4-6-13(20)7-5-12/h4-10H,3,11H2,1-2H3,(H2,22,24)(H,23,26)/t19-,28?/m0/s1. The number of aliphatic imine (C=N–C) groups is 1. The van der Waals surface area contributed by atoms with E-state index < -0.39 is 21.1 Å². The number of hydrogen-bond acceptors (Lipinski definition) is 4. The number of halogens is 2. The van der Waals surface area contributed by atoms with Crippen molar-refractivity contribution in [3.63, 3.8) is 0 Å². The van der Waals surface area contributed by atoms with Gasteiger partial charge in [-0.1, -0.05) is 11.6 Å². The van der Waals surface area contributed by atoms with Crippen LogP contribution in [0.15, 0.2) is 47.5 Å². The molecule has 6 nitrogen and oxygen atoms in total. The summed E-state index contributed by atoms with van der Waals surface area (Å²) in [5.74, 6) is 2.82. The van der Waals surface area contributed by atoms with Crippen molar-refractivity contribution in [2.24, 2.45) is 10.7 Å². The van der Waals surface area contributed by atoms with Crippen LogP contribution in [0.4, 0.5) is 10.1 Å². The number of carbonyl (C=O) groups excluding carboxylic acids is 1. The quantitative estimate of drug-likeness (QED) is 0.745. The van der Waals surface area contributed by atoms with Gasteiger partial charge in [0.25, 0.3) is 5.91 Å². The van der Waals surface area contributed by atoms with Gasteiger partial charge in [-0.05, 0) is 55.3 Å². The summed E-state index contributed by atoms with van der Waals surface area (Å²) in [4.78, 5) is 16.8. The molecule has 1 aliphatic heterocycles. The van der Waals surface area contributed by atoms with Crippen LogP contribution in [-0.4, -0.2) is 39.1 Å². The SMILES string of the molecule is C=S1(=O)C[C@@](C)(c2cc(NC(=O)c3ccc(Cl)cc3)ccc2F)N=C(N)N1C. The van der Waals surface area contributed by atoms with Crippen LogP contribution in [0.3, 0.4) is 0 Å². The average Bonchev–Trinajstić information content (AvgIpc) is 2.61. The number of anilines is 1. The monoisotopic (exact) mass is 422 g/mol. The molecule has 0 saturated carbocycles. The number of rotatable bonds is 3. The Labute approximate surface area is 168 Å². The zero-order chi connectivity index (χ0) is 20.7. The number of nitrogens with one attached hydrogen (secondary N) is 1. The smallest absolute Gasteiger partial charge is 0.255 e. The number of nitrogens with zero attached hydrogens (tertiary/aromatic N) is 2. The van der Waals surface area contributed by atoms with Gasteiger partial charge in [0.15, 0.2) is 0 Å². The van der Waals surface area contributed by atoms with Gasteiger partial charge in [0, 0.05) is 28.9 Å². The molecule has 0 saturated heterocycles. The van der Waals surface area contributed by atoms with E-state index in [0.29, 0.717) is 16.3 Å². The van der Waals surface area contributed by atoms with E-state index in [-0.39, 0.29) is 23.2 Å². The van der Waals surface area contributed by atoms with Crippen LogP contribution in [0.2, 0.25) is 5.02 Å². The van der Waals surface area contributed by atoms with Gasteiger partial charge in [-0.3, -0.25) is 9.10 Å². The number of guanidine groups is 1. The van der Waals surface area contributed by atoms with Crippen LogP contribution >= 0.6 is 11.6 Å². The van der Waals surface area contributed by atoms with Crippen LogP contribution in [-0.2, 0) is 15.2 Å². The second kappa shape index (κ2) is 7.10. The number of carbonyl (C=O) groups is 1. The lowest BCUT2D eigenvalue weighted by atomic mass is 9.93. The summed E-state index contributed by atoms with van der Waals surface area (Å²) in [7, 11) is -1.22. The molecule has 3 N–H and O–H groups in total. The lowest BCUT2D eigenvalue weighted by Crippen LogP contribution is -2.50. The molecule has 1 amide bonds. The first kappa shape index (κ1) is 20.2. The van der Waals surface area contributed by atoms with E-state index in [9.17, 15) is 13.4 Å². The highest BCUT2D eigenvalue weighted by Crippen LogP contribution is 2.34. The van der Waals surface area contributed by atoms with Crippen molar-refractivity contribution in [1.82, 2.24) is 4.31 Å². The van der Waals surface area contributed by atoms with Gasteiger partial charge < -0.3 is 11.1 Å². The second-order valence-corrected chi connectivity index (χ2v) is 9.63. The Morgan fingerprint density at radius 3 is 2.61 bits per heavy atom. The lowest BCUT2D eigenvalue weighted by Gasteiger charge is -2.37. The molecule has 28 heavy (non-hydrogen) atoms. The summed E-state index contributed by atoms with van der Waals surface area (Å²) in [5, 5.41) is 3.23. The maximum Gasteiger partial charge on any atom is 0.255 e. The fourth-order valence-corrected chi connectivity index (χ4v) is 4.82. The second-order valence-electron chi connectivity index (χ2n) is 6.81. The highest BCUT2D eigenvalue weighted by molar-refractivity contribution is 7.98. The number of benzene rings is 2. The van der Waals surface area contributed by atoms with Crippen LogP contribution < -0.4 is 11.1 Å². The van der Waals surface area contributed by atoms with Gasteiger partial charge in [-0.15, -0.1) is 0 Å². The Balaban J connectivity index is 1.96. The Bertz CT molecular complexity index is 1070. The highest BCUT2D eigenvalue weighted by atomic mass is 35.5. The third-order valence-corrected chi connectivity index (χ3v) is 7.05. The maximum absolute atomic E-state index is 14.6. The van der Waals surface area contributed by atoms with E-state index in [1.807, 2.05) is 0 Å². The van der Waals surface area contributed by atoms with Gasteiger partial charge in [-0.25, -0.2) is 13.6 Å². The Kier molecular flexibility index (Phi) is 5.12. The predicted octanol–water partition coefficient (Wildman–Crippen LogP) is 2.84. The number of hydrogen-bond donors (Lipinski definition) is 2. The van der Waals surface area contributed by atoms with Crippen molar-refractivity contribution in [3.05, 3.63) is 64.4 Å². The summed E-state index contributed by atoms with van der Waals surface area (Å²) in [5.41, 5.74) is 5.65. The molecule has 1 unspecified atom stereocenters. The largest absolute Gasteiger partial charge is 0.369 e. The lowest BCUT2D eigenvalue weighted by molar-refractivity contribution is 0.102. The van der Waals surface area contributed by atoms with E-state index in [1.165, 1.54) is 29.6 Å². The van der Waals surface area contributed by atoms with E-state index in [1.54, 1.807) is 31.2 Å². The Morgan fingerprint density at radius 1 is 1.36 bits per heavy atom. The van der Waals surface area contributed by atoms with Crippen LogP contribution in [0.5, 0.6) is 0 Å². The van der Waals surface area contributed by atoms with E-state index in [4.69, 9.17) is 17.3 Å². The van der Waals surface area contributed by atoms with Crippen molar-refractivity contribution in [3.8, 4) is 0 Å². The molecule has 2 aromatic carbocycles. The Hall–Kier alpha value is -2.58. The summed E-state index contributed by atoms with van der Waals surface area (Å²) in [6.07, 6.45) is 0. The van der Waals surface area contributed by atoms with Gasteiger partial charge in [0.1, 0.15) is 11.4 Å². The number of nitrogens with two attached hydrogens (primary N) is 1. The summed E-state index contributed by atoms with van der Waals surface area (Å²) < 4.78 is 28.7. The molecule has 0 aliphatic carbocycles. The molecule has 0 fully saturated rings. The van der Waals surface area contributed by atoms with E-state index >= 15 is 0 Å². The third kappa shape index (κ3) is 3.83. The normalized spacial score (nSPS) is 24.6. The molecule has 0 bridgehead atoms. The van der Waals surface area contributed by atoms with Gasteiger partial charge in [0.05, 0.1) is 15.5 Å². The van der Waals surface area contributed by atoms with Crippen molar-refractivity contribution in [2.75, 3.05) is 18.1 Å². The topological polar surface area (TPSA) is 87.8 Å². The third-order valence-electron chi connectivity index (χ3n) is 4.60. The molecule has 3 rings (SSSR count). The molecule has 1 aliphatic rings. The van der Waals surface area contributed by atoms with Crippen molar-refractivity contribution in [2.45, 2.75) is 12.5 Å². The van der Waals surface area contributed by atoms with Gasteiger partial charge in [0.2, 0.25) is 5.96 Å². The van der Waals surface area contributed by atoms with Crippen LogP contribution in [0, 0.1) is 5.82 Å². The first-order valence-electron chi connectivity index (χ1n) is 8.33. The Morgan fingerprint density at radius 2 is 2.00 bits per heavy atom. The number of amides is 1.